The van der Waals surface area contributed by atoms with Crippen molar-refractivity contribution in [1.82, 2.24) is 21.3 Å². The van der Waals surface area contributed by atoms with Gasteiger partial charge in [0.2, 0.25) is 17.7 Å². The maximum Gasteiger partial charge on any atom is 0.250 e. The second-order valence-electron chi connectivity index (χ2n) is 11.9. The quantitative estimate of drug-likeness (QED) is 0.150. The Labute approximate surface area is 281 Å². The number of hydrogen-bond donors (Lipinski definition) is 5. The van der Waals surface area contributed by atoms with E-state index in [0.717, 1.165) is 36.8 Å². The van der Waals surface area contributed by atoms with E-state index in [2.05, 4.69) is 32.8 Å². The van der Waals surface area contributed by atoms with Gasteiger partial charge in [-0.2, -0.15) is 0 Å². The monoisotopic (exact) mass is 670 g/mol. The molecule has 0 bridgehead atoms. The van der Waals surface area contributed by atoms with Crippen molar-refractivity contribution in [2.24, 2.45) is 5.92 Å². The van der Waals surface area contributed by atoms with Gasteiger partial charge >= 0.3 is 0 Å². The summed E-state index contributed by atoms with van der Waals surface area (Å²) in [5, 5.41) is 25.3. The predicted octanol–water partition coefficient (Wildman–Crippen LogP) is 4.31. The molecule has 2 aromatic rings. The maximum atomic E-state index is 13.7. The van der Waals surface area contributed by atoms with E-state index in [9.17, 15) is 24.3 Å². The Balaban J connectivity index is 1.70. The number of amides is 4. The van der Waals surface area contributed by atoms with Gasteiger partial charge in [0.15, 0.2) is 6.10 Å². The summed E-state index contributed by atoms with van der Waals surface area (Å²) in [7, 11) is 0. The first-order valence-electron chi connectivity index (χ1n) is 16.0. The zero-order valence-corrected chi connectivity index (χ0v) is 28.4. The van der Waals surface area contributed by atoms with E-state index in [0.29, 0.717) is 23.2 Å². The smallest absolute Gasteiger partial charge is 0.250 e. The average Bonchev–Trinajstić information content (AvgIpc) is 3.56. The number of aliphatic hydroxyl groups excluding tert-OH is 1. The molecule has 0 saturated carbocycles. The minimum atomic E-state index is -1.53. The Morgan fingerprint density at radius 3 is 2.22 bits per heavy atom. The molecule has 0 fully saturated rings. The molecule has 9 nitrogen and oxygen atoms in total. The standard InChI is InChI=1S/C35H47ClN4O5S/c1-4-37-35(45)32(42)28(21-25-16-18-26(36)19-17-25)39-34(44)31(23(2)3)40-33(43)29(22-24-11-6-5-7-12-24)38-30(41)15-9-8-13-27-14-10-20-46-27/h5-7,10-12,16-20,23,27-29,31-32,42H,4,8-9,13-15,21-22H2,1-3H3,(H,37,45)(H,38,41)(H,39,44)(H,40,43)/t27?,28-,29-,31-,32?/m0/s1. The van der Waals surface area contributed by atoms with Gasteiger partial charge in [0, 0.05) is 29.7 Å². The number of likely N-dealkylation sites (N-methyl/N-ethyl adjacent to an activating group) is 1. The summed E-state index contributed by atoms with van der Waals surface area (Å²) in [6.45, 7) is 5.64. The predicted molar refractivity (Wildman–Crippen MR) is 184 cm³/mol. The van der Waals surface area contributed by atoms with E-state index < -0.39 is 42.0 Å². The molecular weight excluding hydrogens is 624 g/mol. The van der Waals surface area contributed by atoms with E-state index in [-0.39, 0.29) is 24.7 Å². The normalized spacial score (nSPS) is 16.7. The van der Waals surface area contributed by atoms with E-state index in [1.54, 1.807) is 45.0 Å². The lowest BCUT2D eigenvalue weighted by Gasteiger charge is -2.29. The second kappa shape index (κ2) is 19.4. The molecule has 5 atom stereocenters. The van der Waals surface area contributed by atoms with Crippen molar-refractivity contribution in [2.45, 2.75) is 95.2 Å². The minimum absolute atomic E-state index is 0.155. The molecule has 0 radical (unpaired) electrons. The third-order valence-corrected chi connectivity index (χ3v) is 9.24. The minimum Gasteiger partial charge on any atom is -0.381 e. The fourth-order valence-electron chi connectivity index (χ4n) is 5.24. The number of benzene rings is 2. The summed E-state index contributed by atoms with van der Waals surface area (Å²) in [6.07, 6.45) is 5.11. The first kappa shape index (κ1) is 37.1. The fourth-order valence-corrected chi connectivity index (χ4v) is 6.33. The SMILES string of the molecule is CCNC(=O)C(O)[C@H](Cc1ccc(Cl)cc1)NC(=O)[C@@H](NC(=O)[C@H](Cc1ccccc1)NC(=O)CCCCC1CC=CS1)C(C)C. The number of allylic oxidation sites excluding steroid dienone is 1. The summed E-state index contributed by atoms with van der Waals surface area (Å²) in [4.78, 5) is 52.9. The van der Waals surface area contributed by atoms with Crippen LogP contribution in [0.5, 0.6) is 0 Å². The molecular formula is C35H47ClN4O5S. The van der Waals surface area contributed by atoms with Gasteiger partial charge in [0.1, 0.15) is 12.1 Å². The molecule has 250 valence electrons. The number of unbranched alkanes of at least 4 members (excludes halogenated alkanes) is 1. The molecule has 1 aliphatic heterocycles. The first-order chi connectivity index (χ1) is 22.1. The molecule has 0 spiro atoms. The van der Waals surface area contributed by atoms with Gasteiger partial charge in [0.05, 0.1) is 6.04 Å². The van der Waals surface area contributed by atoms with Crippen molar-refractivity contribution in [1.29, 1.82) is 0 Å². The number of hydrogen-bond acceptors (Lipinski definition) is 6. The number of thioether (sulfide) groups is 1. The maximum absolute atomic E-state index is 13.7. The largest absolute Gasteiger partial charge is 0.381 e. The Bertz CT molecular complexity index is 1300. The molecule has 0 aliphatic carbocycles. The number of halogens is 1. The number of aliphatic hydroxyl groups is 1. The van der Waals surface area contributed by atoms with Gasteiger partial charge in [-0.1, -0.05) is 80.4 Å². The lowest BCUT2D eigenvalue weighted by Crippen LogP contribution is -2.59. The lowest BCUT2D eigenvalue weighted by atomic mass is 9.97. The highest BCUT2D eigenvalue weighted by Crippen LogP contribution is 2.28. The van der Waals surface area contributed by atoms with Crippen LogP contribution in [-0.4, -0.2) is 64.8 Å². The van der Waals surface area contributed by atoms with E-state index in [1.165, 1.54) is 0 Å². The summed E-state index contributed by atoms with van der Waals surface area (Å²) in [5.74, 6) is -2.20. The van der Waals surface area contributed by atoms with Gasteiger partial charge in [-0.05, 0) is 67.2 Å². The third kappa shape index (κ3) is 12.5. The highest BCUT2D eigenvalue weighted by atomic mass is 35.5. The van der Waals surface area contributed by atoms with Crippen LogP contribution in [0.4, 0.5) is 0 Å². The Hall–Kier alpha value is -3.34. The average molecular weight is 671 g/mol. The number of carbonyl (C=O) groups is 4. The Kier molecular flexibility index (Phi) is 15.6. The van der Waals surface area contributed by atoms with Crippen molar-refractivity contribution in [3.05, 3.63) is 82.2 Å². The van der Waals surface area contributed by atoms with Crippen molar-refractivity contribution in [3.8, 4) is 0 Å². The van der Waals surface area contributed by atoms with Crippen LogP contribution >= 0.6 is 23.4 Å². The molecule has 5 N–H and O–H groups in total. The molecule has 0 saturated heterocycles. The fraction of sp³-hybridized carbons (Fsp3) is 0.486. The Morgan fingerprint density at radius 2 is 1.59 bits per heavy atom. The highest BCUT2D eigenvalue weighted by molar-refractivity contribution is 8.03. The van der Waals surface area contributed by atoms with E-state index in [4.69, 9.17) is 11.6 Å². The van der Waals surface area contributed by atoms with E-state index in [1.807, 2.05) is 42.1 Å². The first-order valence-corrected chi connectivity index (χ1v) is 17.3. The molecule has 0 aromatic heterocycles. The Morgan fingerprint density at radius 1 is 0.891 bits per heavy atom. The van der Waals surface area contributed by atoms with Gasteiger partial charge < -0.3 is 26.4 Å². The zero-order valence-electron chi connectivity index (χ0n) is 26.8. The second-order valence-corrected chi connectivity index (χ2v) is 13.6. The van der Waals surface area contributed by atoms with Crippen LogP contribution in [-0.2, 0) is 32.0 Å². The topological polar surface area (TPSA) is 137 Å². The van der Waals surface area contributed by atoms with Gasteiger partial charge in [-0.15, -0.1) is 11.8 Å². The van der Waals surface area contributed by atoms with Crippen molar-refractivity contribution in [3.63, 3.8) is 0 Å². The lowest BCUT2D eigenvalue weighted by molar-refractivity contribution is -0.135. The number of carbonyl (C=O) groups excluding carboxylic acids is 4. The van der Waals surface area contributed by atoms with Crippen LogP contribution < -0.4 is 21.3 Å². The van der Waals surface area contributed by atoms with Crippen LogP contribution in [0.1, 0.15) is 64.0 Å². The van der Waals surface area contributed by atoms with Gasteiger partial charge in [-0.25, -0.2) is 0 Å². The summed E-state index contributed by atoms with van der Waals surface area (Å²) in [6, 6.07) is 13.4. The van der Waals surface area contributed by atoms with Crippen LogP contribution in [0.25, 0.3) is 0 Å². The van der Waals surface area contributed by atoms with Crippen molar-refractivity contribution in [2.75, 3.05) is 6.54 Å². The van der Waals surface area contributed by atoms with E-state index >= 15 is 0 Å². The molecule has 2 unspecified atom stereocenters. The van der Waals surface area contributed by atoms with Crippen LogP contribution in [0.3, 0.4) is 0 Å². The van der Waals surface area contributed by atoms with Crippen LogP contribution in [0.2, 0.25) is 5.02 Å². The van der Waals surface area contributed by atoms with Gasteiger partial charge in [-0.3, -0.25) is 19.2 Å². The van der Waals surface area contributed by atoms with Crippen LogP contribution in [0.15, 0.2) is 66.1 Å². The zero-order chi connectivity index (χ0) is 33.5. The molecule has 1 aliphatic rings. The molecule has 46 heavy (non-hydrogen) atoms. The molecule has 2 aromatic carbocycles. The molecule has 4 amide bonds. The molecule has 11 heteroatoms. The molecule has 1 heterocycles. The van der Waals surface area contributed by atoms with Gasteiger partial charge in [0.25, 0.3) is 5.91 Å². The summed E-state index contributed by atoms with van der Waals surface area (Å²) < 4.78 is 0. The summed E-state index contributed by atoms with van der Waals surface area (Å²) in [5.41, 5.74) is 1.62. The number of nitrogens with one attached hydrogen (secondary N) is 4. The van der Waals surface area contributed by atoms with Crippen molar-refractivity contribution >= 4 is 47.0 Å². The highest BCUT2D eigenvalue weighted by Gasteiger charge is 2.33. The molecule has 3 rings (SSSR count). The third-order valence-electron chi connectivity index (χ3n) is 7.82. The van der Waals surface area contributed by atoms with Crippen molar-refractivity contribution < 1.29 is 24.3 Å². The summed E-state index contributed by atoms with van der Waals surface area (Å²) >= 11 is 7.85. The van der Waals surface area contributed by atoms with Crippen LogP contribution in [0, 0.1) is 5.92 Å². The number of rotatable bonds is 18.